The molecule has 1 unspecified atom stereocenters. The number of benzene rings is 1. The van der Waals surface area contributed by atoms with Crippen LogP contribution in [0.25, 0.3) is 0 Å². The van der Waals surface area contributed by atoms with Gasteiger partial charge in [-0.15, -0.1) is 0 Å². The van der Waals surface area contributed by atoms with Crippen molar-refractivity contribution in [3.05, 3.63) is 29.3 Å². The highest BCUT2D eigenvalue weighted by Crippen LogP contribution is 2.35. The second-order valence-electron chi connectivity index (χ2n) is 4.46. The van der Waals surface area contributed by atoms with Crippen LogP contribution in [-0.4, -0.2) is 17.1 Å². The minimum atomic E-state index is -0.849. The molecular weight excluding hydrogens is 216 g/mol. The lowest BCUT2D eigenvalue weighted by atomic mass is 10.1. The Balaban J connectivity index is 2.24. The smallest absolute Gasteiger partial charge is 0.326 e. The van der Waals surface area contributed by atoms with Gasteiger partial charge in [0.05, 0.1) is 11.3 Å². The molecule has 4 nitrogen and oxygen atoms in total. The Labute approximate surface area is 99.9 Å². The van der Waals surface area contributed by atoms with Crippen LogP contribution in [-0.2, 0) is 4.79 Å². The number of nitrogens with zero attached hydrogens (tertiary/aromatic N) is 1. The monoisotopic (exact) mass is 230 g/mol. The molecule has 2 N–H and O–H groups in total. The molecule has 1 aliphatic carbocycles. The van der Waals surface area contributed by atoms with Crippen molar-refractivity contribution in [2.75, 3.05) is 5.32 Å². The van der Waals surface area contributed by atoms with E-state index in [1.165, 1.54) is 0 Å². The van der Waals surface area contributed by atoms with Crippen LogP contribution in [0.1, 0.15) is 24.0 Å². The summed E-state index contributed by atoms with van der Waals surface area (Å²) in [7, 11) is 0. The van der Waals surface area contributed by atoms with E-state index in [1.54, 1.807) is 6.07 Å². The van der Waals surface area contributed by atoms with E-state index < -0.39 is 12.0 Å². The zero-order valence-electron chi connectivity index (χ0n) is 9.60. The molecule has 1 aromatic carbocycles. The van der Waals surface area contributed by atoms with E-state index in [4.69, 9.17) is 10.4 Å². The van der Waals surface area contributed by atoms with E-state index in [0.717, 1.165) is 18.4 Å². The van der Waals surface area contributed by atoms with Crippen LogP contribution in [0.2, 0.25) is 0 Å². The number of hydrogen-bond acceptors (Lipinski definition) is 3. The molecule has 1 saturated carbocycles. The topological polar surface area (TPSA) is 73.1 Å². The SMILES string of the molecule is Cc1ccc(C#N)c(NC(C(=O)O)C2CC2)c1. The zero-order chi connectivity index (χ0) is 12.4. The number of carboxylic acid groups (broad SMARTS) is 1. The molecule has 0 heterocycles. The second-order valence-corrected chi connectivity index (χ2v) is 4.46. The first-order valence-electron chi connectivity index (χ1n) is 5.62. The van der Waals surface area contributed by atoms with E-state index in [0.29, 0.717) is 11.3 Å². The third kappa shape index (κ3) is 2.56. The average Bonchev–Trinajstić information content (AvgIpc) is 3.09. The van der Waals surface area contributed by atoms with Crippen molar-refractivity contribution in [3.63, 3.8) is 0 Å². The number of aliphatic carboxylic acids is 1. The molecule has 0 amide bonds. The quantitative estimate of drug-likeness (QED) is 0.831. The maximum absolute atomic E-state index is 11.1. The van der Waals surface area contributed by atoms with Crippen LogP contribution in [0.3, 0.4) is 0 Å². The summed E-state index contributed by atoms with van der Waals surface area (Å²) in [4.78, 5) is 11.1. The third-order valence-electron chi connectivity index (χ3n) is 2.97. The minimum Gasteiger partial charge on any atom is -0.480 e. The Morgan fingerprint density at radius 2 is 2.29 bits per heavy atom. The maximum atomic E-state index is 11.1. The number of anilines is 1. The van der Waals surface area contributed by atoms with E-state index in [-0.39, 0.29) is 5.92 Å². The molecule has 0 bridgehead atoms. The summed E-state index contributed by atoms with van der Waals surface area (Å²) in [5, 5.41) is 21.1. The molecular formula is C13H14N2O2. The van der Waals surface area contributed by atoms with Crippen LogP contribution in [0.5, 0.6) is 0 Å². The van der Waals surface area contributed by atoms with Gasteiger partial charge in [0.1, 0.15) is 12.1 Å². The number of aryl methyl sites for hydroxylation is 1. The fourth-order valence-corrected chi connectivity index (χ4v) is 1.85. The van der Waals surface area contributed by atoms with Crippen molar-refractivity contribution in [2.45, 2.75) is 25.8 Å². The number of rotatable bonds is 4. The van der Waals surface area contributed by atoms with Crippen LogP contribution in [0.4, 0.5) is 5.69 Å². The summed E-state index contributed by atoms with van der Waals surface area (Å²) in [6, 6.07) is 6.86. The predicted octanol–water partition coefficient (Wildman–Crippen LogP) is 2.14. The molecule has 0 aromatic heterocycles. The fourth-order valence-electron chi connectivity index (χ4n) is 1.85. The summed E-state index contributed by atoms with van der Waals surface area (Å²) in [5.41, 5.74) is 2.11. The van der Waals surface area contributed by atoms with Gasteiger partial charge in [0, 0.05) is 0 Å². The summed E-state index contributed by atoms with van der Waals surface area (Å²) in [6.45, 7) is 1.92. The maximum Gasteiger partial charge on any atom is 0.326 e. The van der Waals surface area contributed by atoms with Gasteiger partial charge in [0.15, 0.2) is 0 Å². The van der Waals surface area contributed by atoms with Gasteiger partial charge in [-0.3, -0.25) is 0 Å². The Morgan fingerprint density at radius 3 is 2.82 bits per heavy atom. The van der Waals surface area contributed by atoms with Gasteiger partial charge in [0.25, 0.3) is 0 Å². The molecule has 1 atom stereocenters. The van der Waals surface area contributed by atoms with Gasteiger partial charge < -0.3 is 10.4 Å². The van der Waals surface area contributed by atoms with Crippen molar-refractivity contribution >= 4 is 11.7 Å². The van der Waals surface area contributed by atoms with E-state index >= 15 is 0 Å². The Kier molecular flexibility index (Phi) is 3.01. The van der Waals surface area contributed by atoms with E-state index in [1.807, 2.05) is 19.1 Å². The van der Waals surface area contributed by atoms with Crippen molar-refractivity contribution in [1.29, 1.82) is 5.26 Å². The standard InChI is InChI=1S/C13H14N2O2/c1-8-2-3-10(7-14)11(6-8)15-12(13(16)17)9-4-5-9/h2-3,6,9,12,15H,4-5H2,1H3,(H,16,17). The second kappa shape index (κ2) is 4.46. The highest BCUT2D eigenvalue weighted by Gasteiger charge is 2.36. The molecule has 17 heavy (non-hydrogen) atoms. The summed E-state index contributed by atoms with van der Waals surface area (Å²) in [6.07, 6.45) is 1.88. The fraction of sp³-hybridized carbons (Fsp3) is 0.385. The molecule has 4 heteroatoms. The number of carboxylic acids is 1. The van der Waals surface area contributed by atoms with Crippen molar-refractivity contribution in [1.82, 2.24) is 0 Å². The largest absolute Gasteiger partial charge is 0.480 e. The van der Waals surface area contributed by atoms with Gasteiger partial charge in [-0.1, -0.05) is 6.07 Å². The molecule has 0 saturated heterocycles. The molecule has 0 spiro atoms. The minimum absolute atomic E-state index is 0.194. The molecule has 0 aliphatic heterocycles. The first-order chi connectivity index (χ1) is 8.11. The summed E-state index contributed by atoms with van der Waals surface area (Å²) < 4.78 is 0. The Hall–Kier alpha value is -2.02. The predicted molar refractivity (Wildman–Crippen MR) is 63.7 cm³/mol. The number of nitriles is 1. The lowest BCUT2D eigenvalue weighted by molar-refractivity contribution is -0.138. The first-order valence-corrected chi connectivity index (χ1v) is 5.62. The number of nitrogens with one attached hydrogen (secondary N) is 1. The molecule has 1 fully saturated rings. The van der Waals surface area contributed by atoms with Crippen LogP contribution >= 0.6 is 0 Å². The normalized spacial score (nSPS) is 16.0. The summed E-state index contributed by atoms with van der Waals surface area (Å²) in [5.74, 6) is -0.655. The number of hydrogen-bond donors (Lipinski definition) is 2. The lowest BCUT2D eigenvalue weighted by Crippen LogP contribution is -2.31. The Morgan fingerprint density at radius 1 is 1.59 bits per heavy atom. The van der Waals surface area contributed by atoms with E-state index in [9.17, 15) is 4.79 Å². The van der Waals surface area contributed by atoms with E-state index in [2.05, 4.69) is 11.4 Å². The molecule has 88 valence electrons. The molecule has 1 aromatic rings. The lowest BCUT2D eigenvalue weighted by Gasteiger charge is -2.16. The van der Waals surface area contributed by atoms with Crippen LogP contribution < -0.4 is 5.32 Å². The zero-order valence-corrected chi connectivity index (χ0v) is 9.60. The summed E-state index contributed by atoms with van der Waals surface area (Å²) >= 11 is 0. The number of carbonyl (C=O) groups is 1. The highest BCUT2D eigenvalue weighted by molar-refractivity contribution is 5.79. The first kappa shape index (κ1) is 11.5. The molecule has 1 aliphatic rings. The van der Waals surface area contributed by atoms with Gasteiger partial charge in [-0.05, 0) is 43.4 Å². The molecule has 0 radical (unpaired) electrons. The molecule has 2 rings (SSSR count). The Bertz CT molecular complexity index is 487. The van der Waals surface area contributed by atoms with Crippen LogP contribution in [0.15, 0.2) is 18.2 Å². The van der Waals surface area contributed by atoms with Gasteiger partial charge >= 0.3 is 5.97 Å². The van der Waals surface area contributed by atoms with Gasteiger partial charge in [-0.25, -0.2) is 4.79 Å². The average molecular weight is 230 g/mol. The van der Waals surface area contributed by atoms with Crippen molar-refractivity contribution in [3.8, 4) is 6.07 Å². The highest BCUT2D eigenvalue weighted by atomic mass is 16.4. The van der Waals surface area contributed by atoms with Gasteiger partial charge in [0.2, 0.25) is 0 Å². The van der Waals surface area contributed by atoms with Crippen LogP contribution in [0, 0.1) is 24.2 Å². The van der Waals surface area contributed by atoms with Crippen molar-refractivity contribution < 1.29 is 9.90 Å². The third-order valence-corrected chi connectivity index (χ3v) is 2.97. The van der Waals surface area contributed by atoms with Gasteiger partial charge in [-0.2, -0.15) is 5.26 Å². The van der Waals surface area contributed by atoms with Crippen molar-refractivity contribution in [2.24, 2.45) is 5.92 Å².